The highest BCUT2D eigenvalue weighted by Gasteiger charge is 2.24. The van der Waals surface area contributed by atoms with Crippen LogP contribution in [0.5, 0.6) is 5.75 Å². The van der Waals surface area contributed by atoms with Gasteiger partial charge in [0.25, 0.3) is 5.91 Å². The summed E-state index contributed by atoms with van der Waals surface area (Å²) in [6.45, 7) is 6.58. The third-order valence-corrected chi connectivity index (χ3v) is 4.08. The molecule has 1 heterocycles. The lowest BCUT2D eigenvalue weighted by Gasteiger charge is -2.11. The maximum atomic E-state index is 12.4. The van der Waals surface area contributed by atoms with Crippen LogP contribution in [0.1, 0.15) is 36.7 Å². The van der Waals surface area contributed by atoms with Crippen LogP contribution in [0.25, 0.3) is 0 Å². The molecule has 2 aromatic rings. The summed E-state index contributed by atoms with van der Waals surface area (Å²) < 4.78 is 7.17. The van der Waals surface area contributed by atoms with E-state index in [0.29, 0.717) is 6.54 Å². The summed E-state index contributed by atoms with van der Waals surface area (Å²) in [5.41, 5.74) is 3.36. The standard InChI is InChI=1S/C19H24N2O2/c1-5-16-7-6-14(2)21(13-16)15(3)19(22)20-12-17-8-10-18(23-4)11-9-17/h6-11,13,15H,5,12H2,1-4H3/p+1/t15-/m0/s1. The third-order valence-electron chi connectivity index (χ3n) is 4.08. The molecule has 2 rings (SSSR count). The second-order valence-electron chi connectivity index (χ2n) is 5.68. The van der Waals surface area contributed by atoms with E-state index in [4.69, 9.17) is 4.74 Å². The number of benzene rings is 1. The molecule has 0 aliphatic heterocycles. The van der Waals surface area contributed by atoms with Crippen molar-refractivity contribution in [2.24, 2.45) is 0 Å². The van der Waals surface area contributed by atoms with Gasteiger partial charge < -0.3 is 10.1 Å². The Kier molecular flexibility index (Phi) is 5.74. The van der Waals surface area contributed by atoms with Gasteiger partial charge in [0.05, 0.1) is 7.11 Å². The molecule has 0 fully saturated rings. The van der Waals surface area contributed by atoms with Gasteiger partial charge in [0.1, 0.15) is 5.75 Å². The minimum atomic E-state index is -0.236. The smallest absolute Gasteiger partial charge is 0.289 e. The summed E-state index contributed by atoms with van der Waals surface area (Å²) in [4.78, 5) is 12.4. The van der Waals surface area contributed by atoms with E-state index in [-0.39, 0.29) is 11.9 Å². The zero-order valence-corrected chi connectivity index (χ0v) is 14.3. The second kappa shape index (κ2) is 7.77. The fourth-order valence-electron chi connectivity index (χ4n) is 2.47. The van der Waals surface area contributed by atoms with Crippen LogP contribution in [0.4, 0.5) is 0 Å². The highest BCUT2D eigenvalue weighted by atomic mass is 16.5. The van der Waals surface area contributed by atoms with Crippen LogP contribution in [0.15, 0.2) is 42.6 Å². The van der Waals surface area contributed by atoms with Gasteiger partial charge in [-0.15, -0.1) is 0 Å². The quantitative estimate of drug-likeness (QED) is 0.833. The van der Waals surface area contributed by atoms with Gasteiger partial charge in [-0.3, -0.25) is 4.79 Å². The number of carbonyl (C=O) groups is 1. The molecule has 0 spiro atoms. The Morgan fingerprint density at radius 2 is 1.83 bits per heavy atom. The average Bonchev–Trinajstić information content (AvgIpc) is 2.60. The molecule has 1 aromatic heterocycles. The number of rotatable bonds is 6. The van der Waals surface area contributed by atoms with E-state index < -0.39 is 0 Å². The molecule has 1 amide bonds. The highest BCUT2D eigenvalue weighted by Crippen LogP contribution is 2.11. The molecule has 4 nitrogen and oxygen atoms in total. The van der Waals surface area contributed by atoms with Crippen molar-refractivity contribution < 1.29 is 14.1 Å². The van der Waals surface area contributed by atoms with Crippen LogP contribution >= 0.6 is 0 Å². The first-order valence-corrected chi connectivity index (χ1v) is 7.96. The summed E-state index contributed by atoms with van der Waals surface area (Å²) in [5, 5.41) is 3.00. The molecule has 23 heavy (non-hydrogen) atoms. The van der Waals surface area contributed by atoms with Crippen molar-refractivity contribution >= 4 is 5.91 Å². The van der Waals surface area contributed by atoms with E-state index in [1.807, 2.05) is 42.7 Å². The topological polar surface area (TPSA) is 42.2 Å². The summed E-state index contributed by atoms with van der Waals surface area (Å²) >= 11 is 0. The minimum absolute atomic E-state index is 0.0159. The van der Waals surface area contributed by atoms with Crippen molar-refractivity contribution in [3.63, 3.8) is 0 Å². The Bertz CT molecular complexity index is 666. The maximum absolute atomic E-state index is 12.4. The molecule has 122 valence electrons. The Morgan fingerprint density at radius 1 is 1.17 bits per heavy atom. The van der Waals surface area contributed by atoms with Crippen molar-refractivity contribution in [2.75, 3.05) is 7.11 Å². The highest BCUT2D eigenvalue weighted by molar-refractivity contribution is 5.78. The predicted octanol–water partition coefficient (Wildman–Crippen LogP) is 2.73. The first-order valence-electron chi connectivity index (χ1n) is 7.96. The van der Waals surface area contributed by atoms with E-state index >= 15 is 0 Å². The van der Waals surface area contributed by atoms with Crippen LogP contribution in [-0.2, 0) is 17.8 Å². The number of carbonyl (C=O) groups excluding carboxylic acids is 1. The fraction of sp³-hybridized carbons (Fsp3) is 0.368. The fourth-order valence-corrected chi connectivity index (χ4v) is 2.47. The lowest BCUT2D eigenvalue weighted by molar-refractivity contribution is -0.712. The Balaban J connectivity index is 2.02. The summed E-state index contributed by atoms with van der Waals surface area (Å²) in [6, 6.07) is 11.6. The molecule has 1 atom stereocenters. The molecule has 0 radical (unpaired) electrons. The number of nitrogens with one attached hydrogen (secondary N) is 1. The van der Waals surface area contributed by atoms with E-state index in [2.05, 4.69) is 30.6 Å². The predicted molar refractivity (Wildman–Crippen MR) is 90.3 cm³/mol. The van der Waals surface area contributed by atoms with Gasteiger partial charge in [-0.1, -0.05) is 19.1 Å². The van der Waals surface area contributed by atoms with Crippen molar-refractivity contribution in [1.29, 1.82) is 0 Å². The zero-order chi connectivity index (χ0) is 16.8. The third kappa shape index (κ3) is 4.31. The largest absolute Gasteiger partial charge is 0.497 e. The van der Waals surface area contributed by atoms with Gasteiger partial charge in [0.15, 0.2) is 11.9 Å². The number of aromatic nitrogens is 1. The molecule has 1 N–H and O–H groups in total. The number of amides is 1. The van der Waals surface area contributed by atoms with E-state index in [0.717, 1.165) is 23.4 Å². The lowest BCUT2D eigenvalue weighted by atomic mass is 10.1. The van der Waals surface area contributed by atoms with Crippen LogP contribution < -0.4 is 14.6 Å². The minimum Gasteiger partial charge on any atom is -0.497 e. The van der Waals surface area contributed by atoms with Gasteiger partial charge >= 0.3 is 0 Å². The summed E-state index contributed by atoms with van der Waals surface area (Å²) in [6.07, 6.45) is 3.02. The van der Waals surface area contributed by atoms with E-state index in [9.17, 15) is 4.79 Å². The van der Waals surface area contributed by atoms with E-state index in [1.165, 1.54) is 5.56 Å². The van der Waals surface area contributed by atoms with Gasteiger partial charge in [-0.2, -0.15) is 4.57 Å². The number of methoxy groups -OCH3 is 1. The number of nitrogens with zero attached hydrogens (tertiary/aromatic N) is 1. The maximum Gasteiger partial charge on any atom is 0.289 e. The number of hydrogen-bond donors (Lipinski definition) is 1. The van der Waals surface area contributed by atoms with Crippen LogP contribution in [0.3, 0.4) is 0 Å². The number of pyridine rings is 1. The van der Waals surface area contributed by atoms with Crippen molar-refractivity contribution in [2.45, 2.75) is 39.8 Å². The number of hydrogen-bond acceptors (Lipinski definition) is 2. The van der Waals surface area contributed by atoms with E-state index in [1.54, 1.807) is 7.11 Å². The van der Waals surface area contributed by atoms with Gasteiger partial charge in [-0.05, 0) is 30.2 Å². The van der Waals surface area contributed by atoms with Crippen LogP contribution in [0.2, 0.25) is 0 Å². The van der Waals surface area contributed by atoms with Gasteiger partial charge in [0.2, 0.25) is 6.04 Å². The average molecular weight is 313 g/mol. The molecule has 0 bridgehead atoms. The first-order chi connectivity index (χ1) is 11.0. The molecule has 0 aliphatic carbocycles. The number of aryl methyl sites for hydroxylation is 2. The summed E-state index contributed by atoms with van der Waals surface area (Å²) in [5.74, 6) is 0.832. The molecular formula is C19H25N2O2+. The Hall–Kier alpha value is -2.36. The molecular weight excluding hydrogens is 288 g/mol. The molecule has 0 unspecified atom stereocenters. The Morgan fingerprint density at radius 3 is 2.43 bits per heavy atom. The normalized spacial score (nSPS) is 11.8. The van der Waals surface area contributed by atoms with Crippen LogP contribution in [-0.4, -0.2) is 13.0 Å². The van der Waals surface area contributed by atoms with Crippen molar-refractivity contribution in [3.05, 3.63) is 59.4 Å². The molecule has 0 aliphatic rings. The molecule has 4 heteroatoms. The SMILES string of the molecule is CCc1ccc(C)[n+]([C@@H](C)C(=O)NCc2ccc(OC)cc2)c1. The van der Waals surface area contributed by atoms with Crippen LogP contribution in [0, 0.1) is 6.92 Å². The first kappa shape index (κ1) is 17.0. The Labute approximate surface area is 138 Å². The van der Waals surface area contributed by atoms with Crippen molar-refractivity contribution in [3.8, 4) is 5.75 Å². The van der Waals surface area contributed by atoms with Gasteiger partial charge in [-0.25, -0.2) is 0 Å². The zero-order valence-electron chi connectivity index (χ0n) is 14.3. The second-order valence-corrected chi connectivity index (χ2v) is 5.68. The molecule has 1 aromatic carbocycles. The van der Waals surface area contributed by atoms with Gasteiger partial charge in [0, 0.05) is 32.0 Å². The van der Waals surface area contributed by atoms with Crippen molar-refractivity contribution in [1.82, 2.24) is 5.32 Å². The summed E-state index contributed by atoms with van der Waals surface area (Å²) in [7, 11) is 1.64. The molecule has 0 saturated heterocycles. The lowest BCUT2D eigenvalue weighted by Crippen LogP contribution is -2.48. The molecule has 0 saturated carbocycles. The monoisotopic (exact) mass is 313 g/mol. The number of ether oxygens (including phenoxy) is 1.